The predicted octanol–water partition coefficient (Wildman–Crippen LogP) is 6.75. The molecule has 5 heteroatoms. The molecule has 0 saturated heterocycles. The summed E-state index contributed by atoms with van der Waals surface area (Å²) < 4.78 is 8.45. The molecule has 1 aromatic carbocycles. The molecule has 0 N–H and O–H groups in total. The Morgan fingerprint density at radius 2 is 1.78 bits per heavy atom. The van der Waals surface area contributed by atoms with Gasteiger partial charge in [-0.1, -0.05) is 12.1 Å². The molecule has 0 atom stereocenters. The van der Waals surface area contributed by atoms with E-state index in [1.807, 2.05) is 0 Å². The van der Waals surface area contributed by atoms with E-state index < -0.39 is 0 Å². The highest BCUT2D eigenvalue weighted by Gasteiger charge is 2.32. The maximum absolute atomic E-state index is 6.29. The molecule has 3 aromatic rings. The lowest BCUT2D eigenvalue weighted by Gasteiger charge is -2.25. The average Bonchev–Trinajstić information content (AvgIpc) is 3.66. The molecule has 2 aromatic heterocycles. The lowest BCUT2D eigenvalue weighted by Crippen LogP contribution is -2.28. The third kappa shape index (κ3) is 4.36. The van der Waals surface area contributed by atoms with Crippen molar-refractivity contribution in [2.75, 3.05) is 24.2 Å². The first kappa shape index (κ1) is 21.7. The van der Waals surface area contributed by atoms with Crippen LogP contribution in [-0.2, 0) is 0 Å². The second-order valence-electron chi connectivity index (χ2n) is 9.98. The monoisotopic (exact) mass is 449 g/mol. The van der Waals surface area contributed by atoms with Gasteiger partial charge < -0.3 is 9.64 Å². The normalized spacial score (nSPS) is 16.2. The number of aromatic nitrogens is 2. The van der Waals surface area contributed by atoms with E-state index in [0.717, 1.165) is 33.9 Å². The molecule has 0 unspecified atom stereocenters. The van der Waals surface area contributed by atoms with E-state index in [1.165, 1.54) is 61.1 Å². The van der Waals surface area contributed by atoms with Gasteiger partial charge >= 0.3 is 0 Å². The van der Waals surface area contributed by atoms with Crippen molar-refractivity contribution in [3.63, 3.8) is 0 Å². The number of aryl methyl sites for hydroxylation is 2. The van der Waals surface area contributed by atoms with Crippen molar-refractivity contribution in [1.29, 1.82) is 0 Å². The van der Waals surface area contributed by atoms with E-state index in [0.29, 0.717) is 0 Å². The summed E-state index contributed by atoms with van der Waals surface area (Å²) in [5.41, 5.74) is 7.24. The second kappa shape index (κ2) is 8.66. The molecule has 2 heterocycles. The second-order valence-corrected chi connectivity index (χ2v) is 10.8. The van der Waals surface area contributed by atoms with Crippen LogP contribution in [0.5, 0.6) is 5.75 Å². The standard InChI is InChI=1S/C27H35N3OS/c1-17(2)31-24-14-18(3)13-19(4)25(24)22-7-6-8-23-26(27(32-5)28-30(22)23)29(15-20-9-10-20)16-21-11-12-21/h6-8,13-14,17,20-21H,9-12,15-16H2,1-5H3. The van der Waals surface area contributed by atoms with Crippen LogP contribution in [0.15, 0.2) is 35.4 Å². The lowest BCUT2D eigenvalue weighted by atomic mass is 10.0. The highest BCUT2D eigenvalue weighted by Crippen LogP contribution is 2.42. The summed E-state index contributed by atoms with van der Waals surface area (Å²) in [6.07, 6.45) is 7.77. The van der Waals surface area contributed by atoms with Gasteiger partial charge in [0.2, 0.25) is 0 Å². The molecule has 170 valence electrons. The van der Waals surface area contributed by atoms with Crippen molar-refractivity contribution in [2.24, 2.45) is 11.8 Å². The van der Waals surface area contributed by atoms with Gasteiger partial charge in [-0.2, -0.15) is 5.10 Å². The van der Waals surface area contributed by atoms with Gasteiger partial charge in [-0.05, 0) is 101 Å². The number of rotatable bonds is 9. The molecule has 0 spiro atoms. The summed E-state index contributed by atoms with van der Waals surface area (Å²) in [6.45, 7) is 10.8. The molecular formula is C27H35N3OS. The number of ether oxygens (including phenoxy) is 1. The Hall–Kier alpha value is -2.14. The number of nitrogens with zero attached hydrogens (tertiary/aromatic N) is 3. The third-order valence-electron chi connectivity index (χ3n) is 6.52. The number of fused-ring (bicyclic) bond motifs is 1. The highest BCUT2D eigenvalue weighted by molar-refractivity contribution is 7.98. The Kier molecular flexibility index (Phi) is 5.87. The largest absolute Gasteiger partial charge is 0.490 e. The summed E-state index contributed by atoms with van der Waals surface area (Å²) >= 11 is 1.77. The number of hydrogen-bond donors (Lipinski definition) is 0. The van der Waals surface area contributed by atoms with Crippen molar-refractivity contribution < 1.29 is 4.74 Å². The summed E-state index contributed by atoms with van der Waals surface area (Å²) in [5, 5.41) is 6.28. The van der Waals surface area contributed by atoms with E-state index in [-0.39, 0.29) is 6.10 Å². The topological polar surface area (TPSA) is 29.8 Å². The van der Waals surface area contributed by atoms with Crippen LogP contribution in [0.4, 0.5) is 5.69 Å². The van der Waals surface area contributed by atoms with Gasteiger partial charge in [-0.25, -0.2) is 4.52 Å². The fourth-order valence-corrected chi connectivity index (χ4v) is 5.34. The van der Waals surface area contributed by atoms with Crippen molar-refractivity contribution in [3.05, 3.63) is 41.5 Å². The molecular weight excluding hydrogens is 414 g/mol. The van der Waals surface area contributed by atoms with E-state index in [9.17, 15) is 0 Å². The van der Waals surface area contributed by atoms with Gasteiger partial charge in [0.1, 0.15) is 10.8 Å². The van der Waals surface area contributed by atoms with Crippen molar-refractivity contribution in [2.45, 2.75) is 64.5 Å². The lowest BCUT2D eigenvalue weighted by molar-refractivity contribution is 0.243. The summed E-state index contributed by atoms with van der Waals surface area (Å²) in [4.78, 5) is 2.65. The summed E-state index contributed by atoms with van der Waals surface area (Å²) in [5.74, 6) is 2.65. The number of hydrogen-bond acceptors (Lipinski definition) is 4. The van der Waals surface area contributed by atoms with Crippen LogP contribution in [0, 0.1) is 25.7 Å². The minimum absolute atomic E-state index is 0.122. The van der Waals surface area contributed by atoms with Crippen LogP contribution in [-0.4, -0.2) is 35.1 Å². The molecule has 4 nitrogen and oxygen atoms in total. The molecule has 2 aliphatic rings. The molecule has 5 rings (SSSR count). The fraction of sp³-hybridized carbons (Fsp3) is 0.519. The smallest absolute Gasteiger partial charge is 0.142 e. The Labute approximate surface area is 196 Å². The molecule has 2 saturated carbocycles. The minimum atomic E-state index is 0.122. The van der Waals surface area contributed by atoms with Gasteiger partial charge in [0.15, 0.2) is 0 Å². The maximum atomic E-state index is 6.29. The average molecular weight is 450 g/mol. The Morgan fingerprint density at radius 3 is 2.38 bits per heavy atom. The maximum Gasteiger partial charge on any atom is 0.142 e. The number of benzene rings is 1. The van der Waals surface area contributed by atoms with Crippen LogP contribution < -0.4 is 9.64 Å². The highest BCUT2D eigenvalue weighted by atomic mass is 32.2. The van der Waals surface area contributed by atoms with Crippen LogP contribution in [0.1, 0.15) is 50.7 Å². The molecule has 0 amide bonds. The first-order valence-electron chi connectivity index (χ1n) is 12.0. The van der Waals surface area contributed by atoms with Crippen molar-refractivity contribution in [3.8, 4) is 17.0 Å². The quantitative estimate of drug-likeness (QED) is 0.338. The molecule has 0 aliphatic heterocycles. The SMILES string of the molecule is CSc1nn2c(-c3c(C)cc(C)cc3OC(C)C)cccc2c1N(CC1CC1)CC1CC1. The van der Waals surface area contributed by atoms with E-state index >= 15 is 0 Å². The number of thioether (sulfide) groups is 1. The zero-order chi connectivity index (χ0) is 22.4. The van der Waals surface area contributed by atoms with Crippen LogP contribution in [0.25, 0.3) is 16.8 Å². The van der Waals surface area contributed by atoms with Crippen LogP contribution >= 0.6 is 11.8 Å². The molecule has 2 aliphatic carbocycles. The molecule has 0 radical (unpaired) electrons. The third-order valence-corrected chi connectivity index (χ3v) is 7.19. The van der Waals surface area contributed by atoms with E-state index in [1.54, 1.807) is 11.8 Å². The first-order chi connectivity index (χ1) is 15.4. The predicted molar refractivity (Wildman–Crippen MR) is 135 cm³/mol. The van der Waals surface area contributed by atoms with Gasteiger partial charge in [0.25, 0.3) is 0 Å². The van der Waals surface area contributed by atoms with Gasteiger partial charge in [-0.15, -0.1) is 11.8 Å². The molecule has 32 heavy (non-hydrogen) atoms. The first-order valence-corrected chi connectivity index (χ1v) is 13.3. The van der Waals surface area contributed by atoms with Crippen molar-refractivity contribution >= 4 is 23.0 Å². The Balaban J connectivity index is 1.67. The Morgan fingerprint density at radius 1 is 1.09 bits per heavy atom. The van der Waals surface area contributed by atoms with Gasteiger partial charge in [0, 0.05) is 18.7 Å². The zero-order valence-corrected chi connectivity index (χ0v) is 20.8. The van der Waals surface area contributed by atoms with Gasteiger partial charge in [-0.3, -0.25) is 0 Å². The van der Waals surface area contributed by atoms with Crippen LogP contribution in [0.2, 0.25) is 0 Å². The molecule has 2 fully saturated rings. The van der Waals surface area contributed by atoms with Crippen LogP contribution in [0.3, 0.4) is 0 Å². The summed E-state index contributed by atoms with van der Waals surface area (Å²) in [7, 11) is 0. The van der Waals surface area contributed by atoms with E-state index in [4.69, 9.17) is 9.84 Å². The molecule has 0 bridgehead atoms. The number of anilines is 1. The van der Waals surface area contributed by atoms with Gasteiger partial charge in [0.05, 0.1) is 23.0 Å². The fourth-order valence-electron chi connectivity index (χ4n) is 4.75. The Bertz CT molecular complexity index is 1110. The zero-order valence-electron chi connectivity index (χ0n) is 20.0. The minimum Gasteiger partial charge on any atom is -0.490 e. The summed E-state index contributed by atoms with van der Waals surface area (Å²) in [6, 6.07) is 11.0. The number of pyridine rings is 1. The van der Waals surface area contributed by atoms with Crippen molar-refractivity contribution in [1.82, 2.24) is 9.61 Å². The van der Waals surface area contributed by atoms with E-state index in [2.05, 4.69) is 73.7 Å².